The van der Waals surface area contributed by atoms with Gasteiger partial charge in [-0.15, -0.1) is 0 Å². The highest BCUT2D eigenvalue weighted by atomic mass is 16.5. The van der Waals surface area contributed by atoms with Gasteiger partial charge in [0.25, 0.3) is 0 Å². The molecular formula is C13H21N5O2. The Labute approximate surface area is 118 Å². The summed E-state index contributed by atoms with van der Waals surface area (Å²) in [6, 6.07) is 2.04. The molecule has 1 aromatic rings. The molecule has 7 nitrogen and oxygen atoms in total. The first kappa shape index (κ1) is 13.5. The molecule has 0 spiro atoms. The molecule has 3 rings (SSSR count). The molecule has 2 atom stereocenters. The highest BCUT2D eigenvalue weighted by molar-refractivity contribution is 5.45. The number of ether oxygens (including phenoxy) is 1. The fourth-order valence-electron chi connectivity index (χ4n) is 2.96. The van der Waals surface area contributed by atoms with Crippen molar-refractivity contribution in [2.75, 3.05) is 50.0 Å². The maximum absolute atomic E-state index is 10.3. The van der Waals surface area contributed by atoms with Crippen LogP contribution in [0.1, 0.15) is 5.69 Å². The van der Waals surface area contributed by atoms with Gasteiger partial charge in [-0.3, -0.25) is 4.90 Å². The number of nitrogen functional groups attached to an aromatic ring is 1. The van der Waals surface area contributed by atoms with Crippen LogP contribution in [0.25, 0.3) is 0 Å². The number of nitrogens with two attached hydrogens (primary N) is 1. The van der Waals surface area contributed by atoms with Crippen molar-refractivity contribution in [3.63, 3.8) is 0 Å². The normalized spacial score (nSPS) is 28.0. The van der Waals surface area contributed by atoms with Gasteiger partial charge in [0.1, 0.15) is 5.82 Å². The van der Waals surface area contributed by atoms with Crippen molar-refractivity contribution in [3.8, 4) is 0 Å². The molecule has 0 bridgehead atoms. The predicted octanol–water partition coefficient (Wildman–Crippen LogP) is -0.751. The summed E-state index contributed by atoms with van der Waals surface area (Å²) in [4.78, 5) is 12.7. The topological polar surface area (TPSA) is 87.7 Å². The summed E-state index contributed by atoms with van der Waals surface area (Å²) in [6.45, 7) is 6.47. The van der Waals surface area contributed by atoms with Crippen molar-refractivity contribution in [1.82, 2.24) is 14.9 Å². The first-order chi connectivity index (χ1) is 9.63. The van der Waals surface area contributed by atoms with Gasteiger partial charge in [-0.05, 0) is 6.92 Å². The zero-order valence-corrected chi connectivity index (χ0v) is 11.7. The van der Waals surface area contributed by atoms with E-state index >= 15 is 0 Å². The van der Waals surface area contributed by atoms with Crippen LogP contribution in [-0.2, 0) is 4.74 Å². The van der Waals surface area contributed by atoms with E-state index < -0.39 is 0 Å². The SMILES string of the molecule is Cc1cc(N2C[C@H](O)[C@@H](N3CCOCC3)C2)nc(N)n1. The van der Waals surface area contributed by atoms with Gasteiger partial charge < -0.3 is 20.5 Å². The molecule has 0 aromatic carbocycles. The largest absolute Gasteiger partial charge is 0.390 e. The van der Waals surface area contributed by atoms with E-state index in [1.165, 1.54) is 0 Å². The van der Waals surface area contributed by atoms with Crippen molar-refractivity contribution in [2.45, 2.75) is 19.1 Å². The molecule has 20 heavy (non-hydrogen) atoms. The summed E-state index contributed by atoms with van der Waals surface area (Å²) in [5, 5.41) is 10.3. The van der Waals surface area contributed by atoms with Gasteiger partial charge in [0.15, 0.2) is 0 Å². The number of aryl methyl sites for hydroxylation is 1. The number of aromatic nitrogens is 2. The summed E-state index contributed by atoms with van der Waals surface area (Å²) in [7, 11) is 0. The summed E-state index contributed by atoms with van der Waals surface area (Å²) in [6.07, 6.45) is -0.371. The molecule has 110 valence electrons. The molecule has 0 unspecified atom stereocenters. The first-order valence-electron chi connectivity index (χ1n) is 6.99. The van der Waals surface area contributed by atoms with Gasteiger partial charge in [-0.2, -0.15) is 4.98 Å². The lowest BCUT2D eigenvalue weighted by Gasteiger charge is -2.33. The molecule has 0 amide bonds. The number of hydrogen-bond donors (Lipinski definition) is 2. The highest BCUT2D eigenvalue weighted by Crippen LogP contribution is 2.23. The van der Waals surface area contributed by atoms with Crippen LogP contribution in [0, 0.1) is 6.92 Å². The van der Waals surface area contributed by atoms with Crippen LogP contribution in [-0.4, -0.2) is 71.5 Å². The second kappa shape index (κ2) is 5.51. The molecule has 2 saturated heterocycles. The van der Waals surface area contributed by atoms with Gasteiger partial charge in [-0.1, -0.05) is 0 Å². The maximum Gasteiger partial charge on any atom is 0.222 e. The average molecular weight is 279 g/mol. The lowest BCUT2D eigenvalue weighted by Crippen LogP contribution is -2.48. The van der Waals surface area contributed by atoms with Crippen LogP contribution in [0.3, 0.4) is 0 Å². The third-order valence-electron chi connectivity index (χ3n) is 3.96. The van der Waals surface area contributed by atoms with E-state index in [1.54, 1.807) is 0 Å². The van der Waals surface area contributed by atoms with Crippen molar-refractivity contribution in [3.05, 3.63) is 11.8 Å². The van der Waals surface area contributed by atoms with Crippen LogP contribution in [0.4, 0.5) is 11.8 Å². The molecular weight excluding hydrogens is 258 g/mol. The molecule has 0 aliphatic carbocycles. The second-order valence-corrected chi connectivity index (χ2v) is 5.41. The van der Waals surface area contributed by atoms with E-state index in [4.69, 9.17) is 10.5 Å². The minimum absolute atomic E-state index is 0.135. The van der Waals surface area contributed by atoms with Gasteiger partial charge >= 0.3 is 0 Å². The Balaban J connectivity index is 1.73. The number of morpholine rings is 1. The maximum atomic E-state index is 10.3. The van der Waals surface area contributed by atoms with Crippen molar-refractivity contribution < 1.29 is 9.84 Å². The summed E-state index contributed by atoms with van der Waals surface area (Å²) in [5.74, 6) is 1.08. The summed E-state index contributed by atoms with van der Waals surface area (Å²) >= 11 is 0. The van der Waals surface area contributed by atoms with Crippen LogP contribution >= 0.6 is 0 Å². The van der Waals surface area contributed by atoms with Gasteiger partial charge in [0, 0.05) is 37.9 Å². The van der Waals surface area contributed by atoms with Gasteiger partial charge in [0.05, 0.1) is 25.4 Å². The molecule has 2 aliphatic rings. The van der Waals surface area contributed by atoms with Crippen molar-refractivity contribution >= 4 is 11.8 Å². The molecule has 3 N–H and O–H groups in total. The summed E-state index contributed by atoms with van der Waals surface area (Å²) in [5.41, 5.74) is 6.55. The third-order valence-corrected chi connectivity index (χ3v) is 3.96. The average Bonchev–Trinajstić information content (AvgIpc) is 2.81. The van der Waals surface area contributed by atoms with Crippen LogP contribution in [0.2, 0.25) is 0 Å². The lowest BCUT2D eigenvalue weighted by atomic mass is 10.2. The number of β-amino-alcohol motifs (C(OH)–C–C–N with tert-alkyl or cyclic N) is 1. The highest BCUT2D eigenvalue weighted by Gasteiger charge is 2.36. The lowest BCUT2D eigenvalue weighted by molar-refractivity contribution is -0.00588. The molecule has 3 heterocycles. The van der Waals surface area contributed by atoms with Crippen LogP contribution < -0.4 is 10.6 Å². The zero-order valence-electron chi connectivity index (χ0n) is 11.7. The minimum Gasteiger partial charge on any atom is -0.390 e. The Morgan fingerprint density at radius 1 is 1.30 bits per heavy atom. The Morgan fingerprint density at radius 3 is 2.75 bits per heavy atom. The quantitative estimate of drug-likeness (QED) is 0.736. The van der Waals surface area contributed by atoms with E-state index in [-0.39, 0.29) is 18.1 Å². The van der Waals surface area contributed by atoms with Crippen molar-refractivity contribution in [1.29, 1.82) is 0 Å². The number of aliphatic hydroxyl groups excluding tert-OH is 1. The fourth-order valence-corrected chi connectivity index (χ4v) is 2.96. The van der Waals surface area contributed by atoms with Crippen molar-refractivity contribution in [2.24, 2.45) is 0 Å². The first-order valence-corrected chi connectivity index (χ1v) is 6.99. The Hall–Kier alpha value is -1.44. The van der Waals surface area contributed by atoms with E-state index in [9.17, 15) is 5.11 Å². The summed E-state index contributed by atoms with van der Waals surface area (Å²) < 4.78 is 5.36. The number of aliphatic hydroxyl groups is 1. The fraction of sp³-hybridized carbons (Fsp3) is 0.692. The third kappa shape index (κ3) is 2.70. The Bertz CT molecular complexity index is 458. The Kier molecular flexibility index (Phi) is 3.73. The van der Waals surface area contributed by atoms with E-state index in [0.717, 1.165) is 44.4 Å². The zero-order chi connectivity index (χ0) is 14.1. The van der Waals surface area contributed by atoms with Crippen LogP contribution in [0.15, 0.2) is 6.07 Å². The van der Waals surface area contributed by atoms with Gasteiger partial charge in [0.2, 0.25) is 5.95 Å². The van der Waals surface area contributed by atoms with E-state index in [0.29, 0.717) is 6.54 Å². The number of hydrogen-bond acceptors (Lipinski definition) is 7. The molecule has 2 aliphatic heterocycles. The van der Waals surface area contributed by atoms with Gasteiger partial charge in [-0.25, -0.2) is 4.98 Å². The van der Waals surface area contributed by atoms with E-state index in [2.05, 4.69) is 19.8 Å². The Morgan fingerprint density at radius 2 is 2.05 bits per heavy atom. The predicted molar refractivity (Wildman–Crippen MR) is 75.6 cm³/mol. The minimum atomic E-state index is -0.371. The number of rotatable bonds is 2. The smallest absolute Gasteiger partial charge is 0.222 e. The number of anilines is 2. The molecule has 0 radical (unpaired) electrons. The van der Waals surface area contributed by atoms with Crippen LogP contribution in [0.5, 0.6) is 0 Å². The number of nitrogens with zero attached hydrogens (tertiary/aromatic N) is 4. The molecule has 2 fully saturated rings. The standard InChI is InChI=1S/C13H21N5O2/c1-9-6-12(16-13(14)15-9)18-7-10(11(19)8-18)17-2-4-20-5-3-17/h6,10-11,19H,2-5,7-8H2,1H3,(H2,14,15,16)/t10-,11-/m0/s1. The van der Waals surface area contributed by atoms with E-state index in [1.807, 2.05) is 13.0 Å². The monoisotopic (exact) mass is 279 g/mol. The molecule has 0 saturated carbocycles. The molecule has 7 heteroatoms. The molecule has 1 aromatic heterocycles. The second-order valence-electron chi connectivity index (χ2n) is 5.41.